The number of hydrogen-bond donors (Lipinski definition) is 1. The normalized spacial score (nSPS) is 25.6. The van der Waals surface area contributed by atoms with Crippen molar-refractivity contribution in [2.24, 2.45) is 11.8 Å². The molecule has 1 saturated carbocycles. The third-order valence-corrected chi connectivity index (χ3v) is 4.64. The zero-order valence-corrected chi connectivity index (χ0v) is 13.8. The van der Waals surface area contributed by atoms with Crippen LogP contribution in [-0.2, 0) is 14.3 Å². The van der Waals surface area contributed by atoms with E-state index in [9.17, 15) is 9.59 Å². The van der Waals surface area contributed by atoms with Crippen molar-refractivity contribution in [1.82, 2.24) is 15.1 Å². The molecule has 2 atom stereocenters. The highest BCUT2D eigenvalue weighted by molar-refractivity contribution is 5.82. The second-order valence-corrected chi connectivity index (χ2v) is 6.43. The molecule has 0 radical (unpaired) electrons. The molecule has 1 saturated heterocycles. The van der Waals surface area contributed by atoms with Crippen LogP contribution in [0.4, 0.5) is 0 Å². The van der Waals surface area contributed by atoms with Gasteiger partial charge in [0.2, 0.25) is 11.8 Å². The van der Waals surface area contributed by atoms with Crippen LogP contribution in [0.25, 0.3) is 0 Å². The van der Waals surface area contributed by atoms with Gasteiger partial charge < -0.3 is 15.0 Å². The molecule has 1 N–H and O–H groups in total. The fourth-order valence-corrected chi connectivity index (χ4v) is 2.93. The maximum Gasteiger partial charge on any atom is 0.224 e. The average molecular weight is 311 g/mol. The van der Waals surface area contributed by atoms with Crippen molar-refractivity contribution in [1.29, 1.82) is 0 Å². The van der Waals surface area contributed by atoms with Crippen LogP contribution in [0.1, 0.15) is 26.2 Å². The van der Waals surface area contributed by atoms with Crippen molar-refractivity contribution >= 4 is 11.8 Å². The van der Waals surface area contributed by atoms with Gasteiger partial charge >= 0.3 is 0 Å². The van der Waals surface area contributed by atoms with Gasteiger partial charge in [-0.25, -0.2) is 0 Å². The number of ether oxygens (including phenoxy) is 1. The van der Waals surface area contributed by atoms with Crippen molar-refractivity contribution in [2.45, 2.75) is 26.2 Å². The van der Waals surface area contributed by atoms with E-state index < -0.39 is 0 Å². The summed E-state index contributed by atoms with van der Waals surface area (Å²) in [5.41, 5.74) is 0. The lowest BCUT2D eigenvalue weighted by Crippen LogP contribution is -2.38. The van der Waals surface area contributed by atoms with Gasteiger partial charge in [-0.05, 0) is 25.3 Å². The number of rotatable bonds is 7. The first-order valence-electron chi connectivity index (χ1n) is 8.38. The molecule has 6 nitrogen and oxygen atoms in total. The summed E-state index contributed by atoms with van der Waals surface area (Å²) in [7, 11) is 1.71. The summed E-state index contributed by atoms with van der Waals surface area (Å²) in [6.45, 7) is 7.72. The maximum atomic E-state index is 12.2. The van der Waals surface area contributed by atoms with E-state index in [-0.39, 0.29) is 17.7 Å². The van der Waals surface area contributed by atoms with Crippen LogP contribution < -0.4 is 5.32 Å². The molecule has 2 rings (SSSR count). The number of amides is 2. The van der Waals surface area contributed by atoms with Crippen LogP contribution in [0.3, 0.4) is 0 Å². The van der Waals surface area contributed by atoms with Gasteiger partial charge in [-0.2, -0.15) is 0 Å². The highest BCUT2D eigenvalue weighted by Crippen LogP contribution is 2.37. The van der Waals surface area contributed by atoms with Gasteiger partial charge in [0.15, 0.2) is 0 Å². The molecule has 1 aliphatic carbocycles. The lowest BCUT2D eigenvalue weighted by Gasteiger charge is -2.22. The second-order valence-electron chi connectivity index (χ2n) is 6.43. The monoisotopic (exact) mass is 311 g/mol. The first kappa shape index (κ1) is 17.2. The second kappa shape index (κ2) is 8.48. The molecule has 0 unspecified atom stereocenters. The summed E-state index contributed by atoms with van der Waals surface area (Å²) in [5, 5.41) is 2.88. The van der Waals surface area contributed by atoms with Crippen molar-refractivity contribution in [3.05, 3.63) is 0 Å². The molecule has 0 aromatic carbocycles. The molecule has 126 valence electrons. The molecule has 1 heterocycles. The van der Waals surface area contributed by atoms with Gasteiger partial charge in [0, 0.05) is 52.2 Å². The van der Waals surface area contributed by atoms with E-state index in [1.165, 1.54) is 0 Å². The Morgan fingerprint density at radius 3 is 2.68 bits per heavy atom. The Labute approximate surface area is 133 Å². The van der Waals surface area contributed by atoms with E-state index in [1.807, 2.05) is 4.90 Å². The standard InChI is InChI=1S/C16H29N3O3/c1-13-12-14(13)16(21)17-5-4-15(20)19-7-3-6-18(8-9-19)10-11-22-2/h13-14H,3-12H2,1-2H3,(H,17,21)/t13-,14-/m1/s1. The first-order valence-corrected chi connectivity index (χ1v) is 8.38. The summed E-state index contributed by atoms with van der Waals surface area (Å²) in [4.78, 5) is 28.2. The Hall–Kier alpha value is -1.14. The molecule has 0 bridgehead atoms. The van der Waals surface area contributed by atoms with E-state index in [4.69, 9.17) is 4.74 Å². The van der Waals surface area contributed by atoms with Crippen molar-refractivity contribution in [2.75, 3.05) is 53.0 Å². The quantitative estimate of drug-likeness (QED) is 0.736. The minimum atomic E-state index is 0.113. The molecular weight excluding hydrogens is 282 g/mol. The molecule has 0 aromatic rings. The molecule has 22 heavy (non-hydrogen) atoms. The largest absolute Gasteiger partial charge is 0.383 e. The van der Waals surface area contributed by atoms with Crippen LogP contribution in [0, 0.1) is 11.8 Å². The molecule has 2 fully saturated rings. The maximum absolute atomic E-state index is 12.2. The van der Waals surface area contributed by atoms with E-state index in [0.717, 1.165) is 52.2 Å². The average Bonchev–Trinajstić information content (AvgIpc) is 3.27. The number of methoxy groups -OCH3 is 1. The Morgan fingerprint density at radius 2 is 2.00 bits per heavy atom. The molecule has 0 spiro atoms. The van der Waals surface area contributed by atoms with Crippen LogP contribution >= 0.6 is 0 Å². The number of nitrogens with one attached hydrogen (secondary N) is 1. The Kier molecular flexibility index (Phi) is 6.64. The Balaban J connectivity index is 1.63. The molecular formula is C16H29N3O3. The predicted octanol–water partition coefficient (Wildman–Crippen LogP) is 0.329. The number of carbonyl (C=O) groups is 2. The topological polar surface area (TPSA) is 61.9 Å². The van der Waals surface area contributed by atoms with Crippen LogP contribution in [-0.4, -0.2) is 74.6 Å². The predicted molar refractivity (Wildman–Crippen MR) is 84.4 cm³/mol. The van der Waals surface area contributed by atoms with E-state index in [2.05, 4.69) is 17.1 Å². The van der Waals surface area contributed by atoms with Gasteiger partial charge in [-0.3, -0.25) is 14.5 Å². The summed E-state index contributed by atoms with van der Waals surface area (Å²) >= 11 is 0. The molecule has 2 amide bonds. The summed E-state index contributed by atoms with van der Waals surface area (Å²) in [6.07, 6.45) is 2.40. The third-order valence-electron chi connectivity index (χ3n) is 4.64. The summed E-state index contributed by atoms with van der Waals surface area (Å²) < 4.78 is 5.10. The number of nitrogens with zero attached hydrogens (tertiary/aromatic N) is 2. The highest BCUT2D eigenvalue weighted by atomic mass is 16.5. The minimum absolute atomic E-state index is 0.113. The molecule has 2 aliphatic rings. The zero-order valence-electron chi connectivity index (χ0n) is 13.8. The third kappa shape index (κ3) is 5.25. The summed E-state index contributed by atoms with van der Waals surface area (Å²) in [6, 6.07) is 0. The minimum Gasteiger partial charge on any atom is -0.383 e. The van der Waals surface area contributed by atoms with Gasteiger partial charge in [0.05, 0.1) is 6.61 Å². The lowest BCUT2D eigenvalue weighted by atomic mass is 10.3. The van der Waals surface area contributed by atoms with Crippen LogP contribution in [0.2, 0.25) is 0 Å². The fraction of sp³-hybridized carbons (Fsp3) is 0.875. The number of carbonyl (C=O) groups excluding carboxylic acids is 2. The van der Waals surface area contributed by atoms with Gasteiger partial charge in [-0.1, -0.05) is 6.92 Å². The van der Waals surface area contributed by atoms with Crippen LogP contribution in [0.15, 0.2) is 0 Å². The van der Waals surface area contributed by atoms with Gasteiger partial charge in [0.25, 0.3) is 0 Å². The van der Waals surface area contributed by atoms with Gasteiger partial charge in [-0.15, -0.1) is 0 Å². The Bertz CT molecular complexity index is 389. The summed E-state index contributed by atoms with van der Waals surface area (Å²) in [5.74, 6) is 0.960. The molecule has 1 aliphatic heterocycles. The van der Waals surface area contributed by atoms with Gasteiger partial charge in [0.1, 0.15) is 0 Å². The van der Waals surface area contributed by atoms with Crippen molar-refractivity contribution in [3.63, 3.8) is 0 Å². The fourth-order valence-electron chi connectivity index (χ4n) is 2.93. The SMILES string of the molecule is COCCN1CCCN(C(=O)CCNC(=O)[C@@H]2C[C@H]2C)CC1. The molecule has 6 heteroatoms. The van der Waals surface area contributed by atoms with Crippen molar-refractivity contribution < 1.29 is 14.3 Å². The smallest absolute Gasteiger partial charge is 0.224 e. The first-order chi connectivity index (χ1) is 10.6. The lowest BCUT2D eigenvalue weighted by molar-refractivity contribution is -0.131. The van der Waals surface area contributed by atoms with Crippen molar-refractivity contribution in [3.8, 4) is 0 Å². The number of hydrogen-bond acceptors (Lipinski definition) is 4. The van der Waals surface area contributed by atoms with E-state index >= 15 is 0 Å². The zero-order chi connectivity index (χ0) is 15.9. The highest BCUT2D eigenvalue weighted by Gasteiger charge is 2.38. The van der Waals surface area contributed by atoms with Crippen LogP contribution in [0.5, 0.6) is 0 Å². The van der Waals surface area contributed by atoms with E-state index in [0.29, 0.717) is 18.9 Å². The Morgan fingerprint density at radius 1 is 1.23 bits per heavy atom. The molecule has 0 aromatic heterocycles. The van der Waals surface area contributed by atoms with E-state index in [1.54, 1.807) is 7.11 Å².